The molecule has 0 saturated carbocycles. The maximum absolute atomic E-state index is 12.4. The molecule has 1 aliphatic heterocycles. The van der Waals surface area contributed by atoms with Gasteiger partial charge in [-0.05, 0) is 43.1 Å². The summed E-state index contributed by atoms with van der Waals surface area (Å²) < 4.78 is 10.6. The van der Waals surface area contributed by atoms with Gasteiger partial charge in [-0.2, -0.15) is 0 Å². The zero-order chi connectivity index (χ0) is 20.5. The third-order valence-corrected chi connectivity index (χ3v) is 5.46. The van der Waals surface area contributed by atoms with E-state index < -0.39 is 0 Å². The minimum absolute atomic E-state index is 0.0258. The Bertz CT molecular complexity index is 781. The van der Waals surface area contributed by atoms with Gasteiger partial charge in [0.15, 0.2) is 0 Å². The molecule has 1 amide bonds. The number of carbonyl (C=O) groups is 1. The summed E-state index contributed by atoms with van der Waals surface area (Å²) in [5, 5.41) is 3.00. The molecule has 0 radical (unpaired) electrons. The summed E-state index contributed by atoms with van der Waals surface area (Å²) in [7, 11) is 3.21. The largest absolute Gasteiger partial charge is 0.497 e. The van der Waals surface area contributed by atoms with Crippen LogP contribution in [0.25, 0.3) is 0 Å². The lowest BCUT2D eigenvalue weighted by Crippen LogP contribution is -2.25. The third-order valence-electron chi connectivity index (χ3n) is 5.46. The van der Waals surface area contributed by atoms with E-state index in [4.69, 9.17) is 9.47 Å². The molecule has 1 aliphatic rings. The predicted molar refractivity (Wildman–Crippen MR) is 115 cm³/mol. The molecule has 0 bridgehead atoms. The molecule has 29 heavy (non-hydrogen) atoms. The molecule has 1 saturated heterocycles. The fourth-order valence-electron chi connectivity index (χ4n) is 3.75. The van der Waals surface area contributed by atoms with E-state index in [0.29, 0.717) is 18.0 Å². The van der Waals surface area contributed by atoms with Gasteiger partial charge in [-0.3, -0.25) is 9.69 Å². The van der Waals surface area contributed by atoms with Gasteiger partial charge in [0.25, 0.3) is 0 Å². The highest BCUT2D eigenvalue weighted by molar-refractivity contribution is 5.79. The van der Waals surface area contributed by atoms with Gasteiger partial charge in [0.1, 0.15) is 11.5 Å². The summed E-state index contributed by atoms with van der Waals surface area (Å²) in [4.78, 5) is 14.9. The van der Waals surface area contributed by atoms with Crippen molar-refractivity contribution in [3.8, 4) is 11.5 Å². The van der Waals surface area contributed by atoms with E-state index in [2.05, 4.69) is 34.5 Å². The summed E-state index contributed by atoms with van der Waals surface area (Å²) in [6.45, 7) is 3.95. The second kappa shape index (κ2) is 10.9. The molecule has 156 valence electrons. The number of methoxy groups -OCH3 is 2. The Morgan fingerprint density at radius 3 is 2.28 bits per heavy atom. The second-order valence-corrected chi connectivity index (χ2v) is 7.64. The Hall–Kier alpha value is -2.53. The number of carbonyl (C=O) groups excluding carboxylic acids is 1. The van der Waals surface area contributed by atoms with Crippen LogP contribution in [0.2, 0.25) is 0 Å². The van der Waals surface area contributed by atoms with Crippen LogP contribution in [0, 0.1) is 0 Å². The number of hydrogen-bond acceptors (Lipinski definition) is 4. The van der Waals surface area contributed by atoms with Crippen LogP contribution in [-0.4, -0.2) is 38.1 Å². The van der Waals surface area contributed by atoms with E-state index in [1.54, 1.807) is 20.3 Å². The zero-order valence-electron chi connectivity index (χ0n) is 17.6. The second-order valence-electron chi connectivity index (χ2n) is 7.64. The van der Waals surface area contributed by atoms with Gasteiger partial charge in [-0.15, -0.1) is 0 Å². The van der Waals surface area contributed by atoms with Crippen molar-refractivity contribution >= 4 is 5.91 Å². The molecular weight excluding hydrogens is 364 g/mol. The zero-order valence-corrected chi connectivity index (χ0v) is 17.6. The molecular formula is C24H32N2O3. The topological polar surface area (TPSA) is 50.8 Å². The van der Waals surface area contributed by atoms with Crippen LogP contribution in [0.15, 0.2) is 42.5 Å². The molecule has 0 atom stereocenters. The lowest BCUT2D eigenvalue weighted by atomic mass is 10.1. The normalized spacial score (nSPS) is 14.8. The summed E-state index contributed by atoms with van der Waals surface area (Å²) in [5.41, 5.74) is 3.29. The van der Waals surface area contributed by atoms with Crippen molar-refractivity contribution in [2.45, 2.75) is 45.2 Å². The fraction of sp³-hybridized carbons (Fsp3) is 0.458. The Labute approximate surface area is 174 Å². The van der Waals surface area contributed by atoms with Crippen molar-refractivity contribution in [2.24, 2.45) is 0 Å². The molecule has 2 aromatic carbocycles. The summed E-state index contributed by atoms with van der Waals surface area (Å²) in [6, 6.07) is 14.1. The Kier molecular flexibility index (Phi) is 7.94. The average Bonchev–Trinajstić information content (AvgIpc) is 3.02. The maximum Gasteiger partial charge on any atom is 0.224 e. The summed E-state index contributed by atoms with van der Waals surface area (Å²) in [5.74, 6) is 1.35. The molecule has 5 heteroatoms. The lowest BCUT2D eigenvalue weighted by Gasteiger charge is -2.19. The standard InChI is InChI=1S/C24H32N2O3/c1-28-22-12-11-21(23(16-22)29-2)15-24(27)25-17-19-7-9-20(10-8-19)18-26-13-5-3-4-6-14-26/h7-12,16H,3-6,13-15,17-18H2,1-2H3,(H,25,27). The Morgan fingerprint density at radius 1 is 0.931 bits per heavy atom. The molecule has 1 fully saturated rings. The molecule has 2 aromatic rings. The van der Waals surface area contributed by atoms with Crippen molar-refractivity contribution in [3.05, 3.63) is 59.2 Å². The van der Waals surface area contributed by atoms with E-state index in [0.717, 1.165) is 17.7 Å². The number of likely N-dealkylation sites (tertiary alicyclic amines) is 1. The smallest absolute Gasteiger partial charge is 0.224 e. The van der Waals surface area contributed by atoms with Gasteiger partial charge < -0.3 is 14.8 Å². The highest BCUT2D eigenvalue weighted by Crippen LogP contribution is 2.25. The maximum atomic E-state index is 12.4. The molecule has 0 unspecified atom stereocenters. The number of nitrogens with zero attached hydrogens (tertiary/aromatic N) is 1. The molecule has 0 aliphatic carbocycles. The van der Waals surface area contributed by atoms with Crippen LogP contribution in [0.5, 0.6) is 11.5 Å². The molecule has 1 heterocycles. The minimum Gasteiger partial charge on any atom is -0.497 e. The van der Waals surface area contributed by atoms with Gasteiger partial charge in [0, 0.05) is 24.7 Å². The van der Waals surface area contributed by atoms with E-state index in [-0.39, 0.29) is 12.3 Å². The highest BCUT2D eigenvalue weighted by Gasteiger charge is 2.11. The Morgan fingerprint density at radius 2 is 1.62 bits per heavy atom. The van der Waals surface area contributed by atoms with E-state index in [1.165, 1.54) is 44.3 Å². The first-order valence-corrected chi connectivity index (χ1v) is 10.5. The molecule has 5 nitrogen and oxygen atoms in total. The highest BCUT2D eigenvalue weighted by atomic mass is 16.5. The van der Waals surface area contributed by atoms with Crippen molar-refractivity contribution in [1.82, 2.24) is 10.2 Å². The molecule has 1 N–H and O–H groups in total. The summed E-state index contributed by atoms with van der Waals surface area (Å²) in [6.07, 6.45) is 5.61. The first kappa shape index (κ1) is 21.2. The number of benzene rings is 2. The average molecular weight is 397 g/mol. The summed E-state index contributed by atoms with van der Waals surface area (Å²) >= 11 is 0. The van der Waals surface area contributed by atoms with Crippen LogP contribution in [0.4, 0.5) is 0 Å². The van der Waals surface area contributed by atoms with Crippen LogP contribution in [0.1, 0.15) is 42.4 Å². The molecule has 0 spiro atoms. The van der Waals surface area contributed by atoms with Crippen molar-refractivity contribution < 1.29 is 14.3 Å². The third kappa shape index (κ3) is 6.50. The molecule has 3 rings (SSSR count). The number of hydrogen-bond donors (Lipinski definition) is 1. The predicted octanol–water partition coefficient (Wildman–Crippen LogP) is 3.94. The van der Waals surface area contributed by atoms with Gasteiger partial charge in [0.05, 0.1) is 20.6 Å². The first-order valence-electron chi connectivity index (χ1n) is 10.5. The Balaban J connectivity index is 1.49. The first-order chi connectivity index (χ1) is 14.2. The monoisotopic (exact) mass is 396 g/mol. The van der Waals surface area contributed by atoms with Gasteiger partial charge in [-0.25, -0.2) is 0 Å². The number of nitrogens with one attached hydrogen (secondary N) is 1. The van der Waals surface area contributed by atoms with Crippen molar-refractivity contribution in [2.75, 3.05) is 27.3 Å². The van der Waals surface area contributed by atoms with E-state index in [1.807, 2.05) is 12.1 Å². The lowest BCUT2D eigenvalue weighted by molar-refractivity contribution is -0.120. The van der Waals surface area contributed by atoms with Gasteiger partial charge in [0.2, 0.25) is 5.91 Å². The number of amides is 1. The van der Waals surface area contributed by atoms with E-state index >= 15 is 0 Å². The fourth-order valence-corrected chi connectivity index (χ4v) is 3.75. The number of rotatable bonds is 8. The molecule has 0 aromatic heterocycles. The number of ether oxygens (including phenoxy) is 2. The van der Waals surface area contributed by atoms with Crippen molar-refractivity contribution in [3.63, 3.8) is 0 Å². The SMILES string of the molecule is COc1ccc(CC(=O)NCc2ccc(CN3CCCCCC3)cc2)c(OC)c1. The minimum atomic E-state index is -0.0258. The quantitative estimate of drug-likeness (QED) is 0.734. The van der Waals surface area contributed by atoms with Crippen LogP contribution in [-0.2, 0) is 24.3 Å². The van der Waals surface area contributed by atoms with Gasteiger partial charge in [-0.1, -0.05) is 43.2 Å². The van der Waals surface area contributed by atoms with Crippen LogP contribution >= 0.6 is 0 Å². The van der Waals surface area contributed by atoms with Crippen molar-refractivity contribution in [1.29, 1.82) is 0 Å². The van der Waals surface area contributed by atoms with E-state index in [9.17, 15) is 4.79 Å². The van der Waals surface area contributed by atoms with Gasteiger partial charge >= 0.3 is 0 Å². The van der Waals surface area contributed by atoms with Crippen LogP contribution < -0.4 is 14.8 Å². The van der Waals surface area contributed by atoms with Crippen LogP contribution in [0.3, 0.4) is 0 Å².